The molecule has 2 N–H and O–H groups in total. The monoisotopic (exact) mass is 531 g/mol. The number of thioether (sulfide) groups is 1. The first-order valence-corrected chi connectivity index (χ1v) is 11.8. The Bertz CT molecular complexity index is 771. The summed E-state index contributed by atoms with van der Waals surface area (Å²) in [6.07, 6.45) is 0. The zero-order valence-electron chi connectivity index (χ0n) is 16.6. The van der Waals surface area contributed by atoms with Gasteiger partial charge in [0.25, 0.3) is 0 Å². The van der Waals surface area contributed by atoms with E-state index in [4.69, 9.17) is 4.42 Å². The second-order valence-corrected chi connectivity index (χ2v) is 9.87. The average Bonchev–Trinajstić information content (AvgIpc) is 3.04. The molecule has 0 unspecified atom stereocenters. The number of urea groups is 1. The fourth-order valence-corrected chi connectivity index (χ4v) is 4.68. The Hall–Kier alpha value is -0.960. The molecule has 28 heavy (non-hydrogen) atoms. The maximum Gasteiger partial charge on any atom is 0.319 e. The molecule has 2 amide bonds. The average molecular weight is 533 g/mol. The van der Waals surface area contributed by atoms with Gasteiger partial charge in [0.2, 0.25) is 0 Å². The van der Waals surface area contributed by atoms with Gasteiger partial charge in [-0.25, -0.2) is 4.79 Å². The van der Waals surface area contributed by atoms with Gasteiger partial charge in [0.1, 0.15) is 11.5 Å². The van der Waals surface area contributed by atoms with Gasteiger partial charge in [0.15, 0.2) is 0 Å². The Morgan fingerprint density at radius 2 is 1.82 bits per heavy atom. The Morgan fingerprint density at radius 3 is 2.43 bits per heavy atom. The number of hydrogen-bond donors (Lipinski definition) is 2. The lowest BCUT2D eigenvalue weighted by molar-refractivity contribution is 0.252. The van der Waals surface area contributed by atoms with Crippen molar-refractivity contribution in [1.82, 2.24) is 10.2 Å². The van der Waals surface area contributed by atoms with E-state index in [1.54, 1.807) is 11.8 Å². The first kappa shape index (κ1) is 23.3. The van der Waals surface area contributed by atoms with E-state index in [0.717, 1.165) is 44.2 Å². The standard InChI is InChI=1S/C20H27Br2N3O2S/c1-13(2)14-9-17(21)19(18(22)10-14)24-20(26)23-7-8-28-12-16-6-5-15(27-16)11-25(3)4/h5-6,9-10,13H,7-8,11-12H2,1-4H3,(H2,23,24,26). The van der Waals surface area contributed by atoms with Crippen molar-refractivity contribution in [3.63, 3.8) is 0 Å². The van der Waals surface area contributed by atoms with Gasteiger partial charge in [-0.05, 0) is 81.7 Å². The molecule has 0 saturated carbocycles. The second kappa shape index (κ2) is 11.3. The molecule has 8 heteroatoms. The number of rotatable bonds is 9. The molecular weight excluding hydrogens is 506 g/mol. The van der Waals surface area contributed by atoms with Crippen molar-refractivity contribution in [2.24, 2.45) is 0 Å². The zero-order chi connectivity index (χ0) is 20.7. The third kappa shape index (κ3) is 7.46. The molecule has 0 bridgehead atoms. The number of hydrogen-bond acceptors (Lipinski definition) is 4. The summed E-state index contributed by atoms with van der Waals surface area (Å²) in [4.78, 5) is 14.3. The van der Waals surface area contributed by atoms with Gasteiger partial charge in [0.05, 0.1) is 18.0 Å². The van der Waals surface area contributed by atoms with Crippen molar-refractivity contribution in [3.05, 3.63) is 50.3 Å². The van der Waals surface area contributed by atoms with Crippen LogP contribution in [0.2, 0.25) is 0 Å². The summed E-state index contributed by atoms with van der Waals surface area (Å²) in [5, 5.41) is 5.79. The van der Waals surface area contributed by atoms with E-state index in [1.165, 1.54) is 5.56 Å². The molecule has 0 aliphatic carbocycles. The van der Waals surface area contributed by atoms with Crippen LogP contribution in [0.5, 0.6) is 0 Å². The molecule has 1 aromatic heterocycles. The van der Waals surface area contributed by atoms with Crippen LogP contribution in [0.4, 0.5) is 10.5 Å². The number of anilines is 1. The molecule has 0 atom stereocenters. The smallest absolute Gasteiger partial charge is 0.319 e. The zero-order valence-corrected chi connectivity index (χ0v) is 20.6. The number of halogens is 2. The van der Waals surface area contributed by atoms with Crippen molar-refractivity contribution >= 4 is 55.3 Å². The Kier molecular flexibility index (Phi) is 9.40. The van der Waals surface area contributed by atoms with Crippen LogP contribution in [0.3, 0.4) is 0 Å². The van der Waals surface area contributed by atoms with E-state index in [-0.39, 0.29) is 6.03 Å². The predicted molar refractivity (Wildman–Crippen MR) is 125 cm³/mol. The van der Waals surface area contributed by atoms with E-state index in [1.807, 2.05) is 38.4 Å². The largest absolute Gasteiger partial charge is 0.464 e. The van der Waals surface area contributed by atoms with Gasteiger partial charge < -0.3 is 20.0 Å². The van der Waals surface area contributed by atoms with E-state index >= 15 is 0 Å². The van der Waals surface area contributed by atoms with Crippen LogP contribution in [0, 0.1) is 0 Å². The van der Waals surface area contributed by atoms with Crippen molar-refractivity contribution < 1.29 is 9.21 Å². The number of nitrogens with one attached hydrogen (secondary N) is 2. The molecule has 0 saturated heterocycles. The minimum Gasteiger partial charge on any atom is -0.464 e. The van der Waals surface area contributed by atoms with Gasteiger partial charge in [0, 0.05) is 21.2 Å². The van der Waals surface area contributed by atoms with Crippen molar-refractivity contribution in [2.75, 3.05) is 31.7 Å². The van der Waals surface area contributed by atoms with Crippen LogP contribution in [0.1, 0.15) is 36.8 Å². The third-order valence-electron chi connectivity index (χ3n) is 3.94. The number of carbonyl (C=O) groups excluding carboxylic acids is 1. The van der Waals surface area contributed by atoms with Gasteiger partial charge in [-0.3, -0.25) is 0 Å². The quantitative estimate of drug-likeness (QED) is 0.386. The molecule has 0 spiro atoms. The third-order valence-corrected chi connectivity index (χ3v) is 6.17. The van der Waals surface area contributed by atoms with Gasteiger partial charge in [-0.2, -0.15) is 11.8 Å². The Morgan fingerprint density at radius 1 is 1.18 bits per heavy atom. The molecule has 0 radical (unpaired) electrons. The number of amides is 2. The topological polar surface area (TPSA) is 57.5 Å². The SMILES string of the molecule is CC(C)c1cc(Br)c(NC(=O)NCCSCc2ccc(CN(C)C)o2)c(Br)c1. The number of carbonyl (C=O) groups is 1. The molecular formula is C20H27Br2N3O2S. The van der Waals surface area contributed by atoms with E-state index in [2.05, 4.69) is 61.2 Å². The first-order valence-electron chi connectivity index (χ1n) is 9.10. The molecule has 0 aliphatic heterocycles. The summed E-state index contributed by atoms with van der Waals surface area (Å²) in [6, 6.07) is 7.89. The lowest BCUT2D eigenvalue weighted by Crippen LogP contribution is -2.30. The van der Waals surface area contributed by atoms with Crippen molar-refractivity contribution in [1.29, 1.82) is 0 Å². The summed E-state index contributed by atoms with van der Waals surface area (Å²) in [6.45, 7) is 5.66. The molecule has 5 nitrogen and oxygen atoms in total. The minimum atomic E-state index is -0.217. The van der Waals surface area contributed by atoms with Crippen LogP contribution in [-0.4, -0.2) is 37.3 Å². The molecule has 154 valence electrons. The lowest BCUT2D eigenvalue weighted by atomic mass is 10.0. The van der Waals surface area contributed by atoms with Crippen molar-refractivity contribution in [2.45, 2.75) is 32.1 Å². The number of nitrogens with zero attached hydrogens (tertiary/aromatic N) is 1. The molecule has 2 aromatic rings. The van der Waals surface area contributed by atoms with Crippen LogP contribution in [-0.2, 0) is 12.3 Å². The highest BCUT2D eigenvalue weighted by molar-refractivity contribution is 9.11. The van der Waals surface area contributed by atoms with Crippen LogP contribution in [0.25, 0.3) is 0 Å². The highest BCUT2D eigenvalue weighted by Gasteiger charge is 2.12. The highest BCUT2D eigenvalue weighted by Crippen LogP contribution is 2.34. The molecule has 1 heterocycles. The van der Waals surface area contributed by atoms with Crippen LogP contribution < -0.4 is 10.6 Å². The maximum atomic E-state index is 12.2. The summed E-state index contributed by atoms with van der Waals surface area (Å²) >= 11 is 8.81. The second-order valence-electron chi connectivity index (χ2n) is 7.05. The predicted octanol–water partition coefficient (Wildman–Crippen LogP) is 6.04. The summed E-state index contributed by atoms with van der Waals surface area (Å²) in [5.74, 6) is 3.96. The molecule has 0 aliphatic rings. The van der Waals surface area contributed by atoms with Crippen LogP contribution in [0.15, 0.2) is 37.6 Å². The van der Waals surface area contributed by atoms with Crippen molar-refractivity contribution in [3.8, 4) is 0 Å². The highest BCUT2D eigenvalue weighted by atomic mass is 79.9. The minimum absolute atomic E-state index is 0.217. The fraction of sp³-hybridized carbons (Fsp3) is 0.450. The summed E-state index contributed by atoms with van der Waals surface area (Å²) in [5.41, 5.74) is 1.94. The Labute approximate surface area is 188 Å². The fourth-order valence-electron chi connectivity index (χ4n) is 2.51. The first-order chi connectivity index (χ1) is 13.3. The van der Waals surface area contributed by atoms with E-state index in [0.29, 0.717) is 12.5 Å². The normalized spacial score (nSPS) is 11.3. The lowest BCUT2D eigenvalue weighted by Gasteiger charge is -2.14. The van der Waals surface area contributed by atoms with Crippen LogP contribution >= 0.6 is 43.6 Å². The van der Waals surface area contributed by atoms with Gasteiger partial charge in [-0.1, -0.05) is 13.8 Å². The van der Waals surface area contributed by atoms with E-state index < -0.39 is 0 Å². The van der Waals surface area contributed by atoms with Gasteiger partial charge in [-0.15, -0.1) is 0 Å². The van der Waals surface area contributed by atoms with E-state index in [9.17, 15) is 4.79 Å². The molecule has 2 rings (SSSR count). The maximum absolute atomic E-state index is 12.2. The number of furan rings is 1. The summed E-state index contributed by atoms with van der Waals surface area (Å²) < 4.78 is 7.51. The Balaban J connectivity index is 1.72. The summed E-state index contributed by atoms with van der Waals surface area (Å²) in [7, 11) is 4.03. The number of benzene rings is 1. The molecule has 0 fully saturated rings. The molecule has 1 aromatic carbocycles. The van der Waals surface area contributed by atoms with Gasteiger partial charge >= 0.3 is 6.03 Å².